The SMILES string of the molecule is CCCNC1CC(OCCC(F)(F)F)C12CCCCCC2. The molecule has 2 atom stereocenters. The third-order valence-corrected chi connectivity index (χ3v) is 5.16. The van der Waals surface area contributed by atoms with Gasteiger partial charge in [-0.1, -0.05) is 32.6 Å². The molecule has 2 fully saturated rings. The molecule has 124 valence electrons. The fraction of sp³-hybridized carbons (Fsp3) is 1.00. The molecule has 2 nitrogen and oxygen atoms in total. The number of hydrogen-bond donors (Lipinski definition) is 1. The highest BCUT2D eigenvalue weighted by Crippen LogP contribution is 2.52. The van der Waals surface area contributed by atoms with Gasteiger partial charge in [0.1, 0.15) is 0 Å². The molecule has 21 heavy (non-hydrogen) atoms. The average Bonchev–Trinajstić information content (AvgIpc) is 2.67. The smallest absolute Gasteiger partial charge is 0.377 e. The number of halogens is 3. The zero-order chi connectivity index (χ0) is 15.3. The monoisotopic (exact) mass is 307 g/mol. The van der Waals surface area contributed by atoms with Gasteiger partial charge in [0, 0.05) is 11.5 Å². The molecule has 0 amide bonds. The highest BCUT2D eigenvalue weighted by Gasteiger charge is 2.54. The maximum Gasteiger partial charge on any atom is 0.391 e. The molecule has 2 unspecified atom stereocenters. The van der Waals surface area contributed by atoms with E-state index in [9.17, 15) is 13.2 Å². The van der Waals surface area contributed by atoms with Gasteiger partial charge in [0.05, 0.1) is 19.1 Å². The molecule has 2 aliphatic rings. The second-order valence-electron chi connectivity index (χ2n) is 6.61. The molecule has 0 aromatic carbocycles. The van der Waals surface area contributed by atoms with Crippen LogP contribution in [0.4, 0.5) is 13.2 Å². The summed E-state index contributed by atoms with van der Waals surface area (Å²) in [6.45, 7) is 2.95. The number of ether oxygens (including phenoxy) is 1. The summed E-state index contributed by atoms with van der Waals surface area (Å²) in [6.07, 6.45) is 4.11. The number of rotatable bonds is 6. The van der Waals surface area contributed by atoms with E-state index >= 15 is 0 Å². The fourth-order valence-corrected chi connectivity index (χ4v) is 3.96. The molecule has 0 aromatic heterocycles. The summed E-state index contributed by atoms with van der Waals surface area (Å²) in [5.74, 6) is 0. The van der Waals surface area contributed by atoms with Gasteiger partial charge in [-0.25, -0.2) is 0 Å². The second-order valence-corrected chi connectivity index (χ2v) is 6.61. The van der Waals surface area contributed by atoms with Gasteiger partial charge in [-0.2, -0.15) is 13.2 Å². The first-order valence-electron chi connectivity index (χ1n) is 8.40. The Bertz CT molecular complexity index is 311. The van der Waals surface area contributed by atoms with Crippen LogP contribution in [-0.4, -0.2) is 31.5 Å². The van der Waals surface area contributed by atoms with Crippen LogP contribution in [-0.2, 0) is 4.74 Å². The molecular weight excluding hydrogens is 279 g/mol. The second kappa shape index (κ2) is 7.32. The Morgan fingerprint density at radius 3 is 2.38 bits per heavy atom. The van der Waals surface area contributed by atoms with E-state index < -0.39 is 12.6 Å². The van der Waals surface area contributed by atoms with Crippen LogP contribution >= 0.6 is 0 Å². The molecule has 0 heterocycles. The van der Waals surface area contributed by atoms with Crippen LogP contribution in [0.3, 0.4) is 0 Å². The van der Waals surface area contributed by atoms with Crippen LogP contribution < -0.4 is 5.32 Å². The van der Waals surface area contributed by atoms with E-state index in [2.05, 4.69) is 12.2 Å². The Balaban J connectivity index is 1.90. The molecule has 0 saturated heterocycles. The van der Waals surface area contributed by atoms with Gasteiger partial charge in [0.15, 0.2) is 0 Å². The summed E-state index contributed by atoms with van der Waals surface area (Å²) in [5.41, 5.74) is 0.0945. The minimum absolute atomic E-state index is 0.0207. The average molecular weight is 307 g/mol. The van der Waals surface area contributed by atoms with E-state index in [1.807, 2.05) is 0 Å². The van der Waals surface area contributed by atoms with E-state index in [1.54, 1.807) is 0 Å². The minimum atomic E-state index is -4.11. The summed E-state index contributed by atoms with van der Waals surface area (Å²) in [5, 5.41) is 3.59. The Morgan fingerprint density at radius 2 is 1.81 bits per heavy atom. The molecule has 2 rings (SSSR count). The molecule has 1 N–H and O–H groups in total. The van der Waals surface area contributed by atoms with E-state index in [0.29, 0.717) is 6.04 Å². The normalized spacial score (nSPS) is 29.1. The van der Waals surface area contributed by atoms with Crippen LogP contribution in [0.1, 0.15) is 64.7 Å². The molecule has 2 aliphatic carbocycles. The summed E-state index contributed by atoms with van der Waals surface area (Å²) in [6, 6.07) is 0.437. The maximum absolute atomic E-state index is 12.3. The van der Waals surface area contributed by atoms with Gasteiger partial charge in [0.25, 0.3) is 0 Å². The zero-order valence-corrected chi connectivity index (χ0v) is 13.0. The fourth-order valence-electron chi connectivity index (χ4n) is 3.96. The summed E-state index contributed by atoms with van der Waals surface area (Å²) < 4.78 is 42.5. The first kappa shape index (κ1) is 17.1. The first-order valence-corrected chi connectivity index (χ1v) is 8.40. The Morgan fingerprint density at radius 1 is 1.14 bits per heavy atom. The van der Waals surface area contributed by atoms with E-state index in [0.717, 1.165) is 32.2 Å². The van der Waals surface area contributed by atoms with Crippen molar-refractivity contribution in [3.63, 3.8) is 0 Å². The van der Waals surface area contributed by atoms with Crippen molar-refractivity contribution in [1.29, 1.82) is 0 Å². The van der Waals surface area contributed by atoms with Gasteiger partial charge >= 0.3 is 6.18 Å². The number of nitrogens with one attached hydrogen (secondary N) is 1. The lowest BCUT2D eigenvalue weighted by Gasteiger charge is -2.56. The highest BCUT2D eigenvalue weighted by atomic mass is 19.4. The standard InChI is InChI=1S/C16H28F3NO/c1-2-10-20-13-12-14(21-11-9-16(17,18)19)15(13)7-5-3-4-6-8-15/h13-14,20H,2-12H2,1H3. The maximum atomic E-state index is 12.3. The van der Waals surface area contributed by atoms with E-state index in [4.69, 9.17) is 4.74 Å². The molecule has 0 radical (unpaired) electrons. The highest BCUT2D eigenvalue weighted by molar-refractivity contribution is 5.08. The number of hydrogen-bond acceptors (Lipinski definition) is 2. The summed E-state index contributed by atoms with van der Waals surface area (Å²) in [7, 11) is 0. The predicted molar refractivity (Wildman–Crippen MR) is 77.2 cm³/mol. The van der Waals surface area contributed by atoms with Crippen molar-refractivity contribution in [2.45, 2.75) is 83.0 Å². The summed E-state index contributed by atoms with van der Waals surface area (Å²) in [4.78, 5) is 0. The van der Waals surface area contributed by atoms with Crippen molar-refractivity contribution < 1.29 is 17.9 Å². The van der Waals surface area contributed by atoms with Gasteiger partial charge in [-0.15, -0.1) is 0 Å². The van der Waals surface area contributed by atoms with Crippen LogP contribution in [0.25, 0.3) is 0 Å². The van der Waals surface area contributed by atoms with E-state index in [-0.39, 0.29) is 18.1 Å². The molecule has 0 aliphatic heterocycles. The number of alkyl halides is 3. The Kier molecular flexibility index (Phi) is 5.95. The minimum Gasteiger partial charge on any atom is -0.377 e. The first-order chi connectivity index (χ1) is 9.98. The van der Waals surface area contributed by atoms with Gasteiger partial charge in [-0.05, 0) is 32.2 Å². The van der Waals surface area contributed by atoms with Crippen molar-refractivity contribution in [2.75, 3.05) is 13.2 Å². The van der Waals surface area contributed by atoms with Gasteiger partial charge in [-0.3, -0.25) is 0 Å². The van der Waals surface area contributed by atoms with Crippen molar-refractivity contribution in [2.24, 2.45) is 5.41 Å². The molecule has 5 heteroatoms. The zero-order valence-electron chi connectivity index (χ0n) is 13.0. The quantitative estimate of drug-likeness (QED) is 0.783. The lowest BCUT2D eigenvalue weighted by atomic mass is 9.57. The van der Waals surface area contributed by atoms with Crippen LogP contribution in [0, 0.1) is 5.41 Å². The predicted octanol–water partition coefficient (Wildman–Crippen LogP) is 4.44. The molecule has 2 saturated carbocycles. The van der Waals surface area contributed by atoms with Crippen molar-refractivity contribution >= 4 is 0 Å². The lowest BCUT2D eigenvalue weighted by Crippen LogP contribution is -2.63. The van der Waals surface area contributed by atoms with Gasteiger partial charge in [0.2, 0.25) is 0 Å². The van der Waals surface area contributed by atoms with Crippen LogP contribution in [0.2, 0.25) is 0 Å². The third-order valence-electron chi connectivity index (χ3n) is 5.16. The van der Waals surface area contributed by atoms with Gasteiger partial charge < -0.3 is 10.1 Å². The Hall–Kier alpha value is -0.290. The van der Waals surface area contributed by atoms with Crippen molar-refractivity contribution in [1.82, 2.24) is 5.32 Å². The van der Waals surface area contributed by atoms with E-state index in [1.165, 1.54) is 25.7 Å². The van der Waals surface area contributed by atoms with Crippen molar-refractivity contribution in [3.05, 3.63) is 0 Å². The van der Waals surface area contributed by atoms with Crippen LogP contribution in [0.15, 0.2) is 0 Å². The van der Waals surface area contributed by atoms with Crippen molar-refractivity contribution in [3.8, 4) is 0 Å². The topological polar surface area (TPSA) is 21.3 Å². The summed E-state index contributed by atoms with van der Waals surface area (Å²) >= 11 is 0. The molecule has 1 spiro atoms. The largest absolute Gasteiger partial charge is 0.391 e. The molecular formula is C16H28F3NO. The Labute approximate surface area is 125 Å². The third kappa shape index (κ3) is 4.35. The van der Waals surface area contributed by atoms with Crippen LogP contribution in [0.5, 0.6) is 0 Å². The molecule has 0 aromatic rings. The molecule has 0 bridgehead atoms. The lowest BCUT2D eigenvalue weighted by molar-refractivity contribution is -0.180.